The second-order valence-electron chi connectivity index (χ2n) is 9.05. The molecule has 2 aromatic carbocycles. The zero-order chi connectivity index (χ0) is 24.6. The number of amides is 2. The summed E-state index contributed by atoms with van der Waals surface area (Å²) < 4.78 is 5.40. The van der Waals surface area contributed by atoms with E-state index in [-0.39, 0.29) is 11.8 Å². The van der Waals surface area contributed by atoms with Gasteiger partial charge in [0.25, 0.3) is 17.7 Å². The SMILES string of the molecule is Cc1ccc(C(=O)N(C)CCc2noc(-c3ccc(C(=O)NCCC4=CCCCC4)cc3)n2)cc1. The van der Waals surface area contributed by atoms with Crippen molar-refractivity contribution in [1.29, 1.82) is 0 Å². The van der Waals surface area contributed by atoms with Crippen LogP contribution in [0.3, 0.4) is 0 Å². The molecule has 0 saturated carbocycles. The van der Waals surface area contributed by atoms with Crippen molar-refractivity contribution in [2.75, 3.05) is 20.1 Å². The van der Waals surface area contributed by atoms with Gasteiger partial charge in [-0.05, 0) is 75.4 Å². The van der Waals surface area contributed by atoms with Crippen LogP contribution in [0.2, 0.25) is 0 Å². The average molecular weight is 473 g/mol. The van der Waals surface area contributed by atoms with Gasteiger partial charge in [0.2, 0.25) is 0 Å². The summed E-state index contributed by atoms with van der Waals surface area (Å²) in [4.78, 5) is 31.1. The summed E-state index contributed by atoms with van der Waals surface area (Å²) in [5.74, 6) is 0.796. The quantitative estimate of drug-likeness (QED) is 0.444. The summed E-state index contributed by atoms with van der Waals surface area (Å²) in [6.45, 7) is 3.12. The normalized spacial score (nSPS) is 13.3. The molecule has 35 heavy (non-hydrogen) atoms. The predicted octanol–water partition coefficient (Wildman–Crippen LogP) is 4.98. The van der Waals surface area contributed by atoms with Crippen LogP contribution < -0.4 is 5.32 Å². The van der Waals surface area contributed by atoms with E-state index in [0.717, 1.165) is 30.4 Å². The lowest BCUT2D eigenvalue weighted by molar-refractivity contribution is 0.0795. The van der Waals surface area contributed by atoms with Gasteiger partial charge in [-0.3, -0.25) is 9.59 Å². The molecule has 0 atom stereocenters. The third kappa shape index (κ3) is 6.66. The summed E-state index contributed by atoms with van der Waals surface area (Å²) in [6.07, 6.45) is 8.54. The number of rotatable bonds is 9. The molecule has 0 aliphatic heterocycles. The lowest BCUT2D eigenvalue weighted by atomic mass is 9.97. The van der Waals surface area contributed by atoms with Gasteiger partial charge < -0.3 is 14.7 Å². The largest absolute Gasteiger partial charge is 0.352 e. The van der Waals surface area contributed by atoms with Crippen molar-refractivity contribution in [1.82, 2.24) is 20.4 Å². The summed E-state index contributed by atoms with van der Waals surface area (Å²) in [5, 5.41) is 7.04. The number of hydrogen-bond acceptors (Lipinski definition) is 5. The fourth-order valence-electron chi connectivity index (χ4n) is 4.09. The Hall–Kier alpha value is -3.74. The molecule has 1 aliphatic carbocycles. The van der Waals surface area contributed by atoms with Gasteiger partial charge in [0.15, 0.2) is 5.82 Å². The molecule has 182 valence electrons. The van der Waals surface area contributed by atoms with E-state index in [0.29, 0.717) is 42.4 Å². The number of aryl methyl sites for hydroxylation is 1. The Kier molecular flexibility index (Phi) is 8.08. The van der Waals surface area contributed by atoms with Crippen molar-refractivity contribution in [3.05, 3.63) is 82.7 Å². The molecular weight excluding hydrogens is 440 g/mol. The molecule has 1 heterocycles. The van der Waals surface area contributed by atoms with Gasteiger partial charge >= 0.3 is 0 Å². The van der Waals surface area contributed by atoms with Crippen molar-refractivity contribution in [3.8, 4) is 11.5 Å². The van der Waals surface area contributed by atoms with Gasteiger partial charge in [-0.1, -0.05) is 34.5 Å². The van der Waals surface area contributed by atoms with Crippen LogP contribution in [0.15, 0.2) is 64.7 Å². The maximum absolute atomic E-state index is 12.6. The molecule has 0 fully saturated rings. The van der Waals surface area contributed by atoms with Crippen LogP contribution >= 0.6 is 0 Å². The first kappa shape index (κ1) is 24.4. The molecule has 0 saturated heterocycles. The Morgan fingerprint density at radius 3 is 2.46 bits per heavy atom. The summed E-state index contributed by atoms with van der Waals surface area (Å²) in [7, 11) is 1.76. The monoisotopic (exact) mass is 472 g/mol. The van der Waals surface area contributed by atoms with Crippen molar-refractivity contribution in [3.63, 3.8) is 0 Å². The molecule has 7 heteroatoms. The number of nitrogens with one attached hydrogen (secondary N) is 1. The van der Waals surface area contributed by atoms with Gasteiger partial charge in [-0.25, -0.2) is 0 Å². The lowest BCUT2D eigenvalue weighted by Crippen LogP contribution is -2.29. The van der Waals surface area contributed by atoms with E-state index in [4.69, 9.17) is 4.52 Å². The van der Waals surface area contributed by atoms with Crippen molar-refractivity contribution < 1.29 is 14.1 Å². The van der Waals surface area contributed by atoms with E-state index >= 15 is 0 Å². The van der Waals surface area contributed by atoms with Crippen LogP contribution in [-0.2, 0) is 6.42 Å². The first-order valence-corrected chi connectivity index (χ1v) is 12.2. The standard InChI is InChI=1S/C28H32N4O3/c1-20-8-10-24(11-9-20)28(34)32(2)19-17-25-30-27(35-31-25)23-14-12-22(13-15-23)26(33)29-18-16-21-6-4-3-5-7-21/h6,8-15H,3-5,7,16-19H2,1-2H3,(H,29,33). The predicted molar refractivity (Wildman–Crippen MR) is 135 cm³/mol. The molecule has 1 aromatic heterocycles. The van der Waals surface area contributed by atoms with E-state index in [9.17, 15) is 9.59 Å². The molecule has 7 nitrogen and oxygen atoms in total. The molecule has 1 aliphatic rings. The van der Waals surface area contributed by atoms with Crippen LogP contribution in [0.5, 0.6) is 0 Å². The van der Waals surface area contributed by atoms with Crippen LogP contribution in [-0.4, -0.2) is 47.0 Å². The van der Waals surface area contributed by atoms with Crippen molar-refractivity contribution in [2.45, 2.75) is 45.4 Å². The molecule has 4 rings (SSSR count). The number of carbonyl (C=O) groups is 2. The summed E-state index contributed by atoms with van der Waals surface area (Å²) in [5.41, 5.74) is 4.57. The molecule has 0 bridgehead atoms. The number of nitrogens with zero attached hydrogens (tertiary/aromatic N) is 3. The van der Waals surface area contributed by atoms with E-state index in [2.05, 4.69) is 21.5 Å². The van der Waals surface area contributed by atoms with Crippen LogP contribution in [0.1, 0.15) is 64.2 Å². The zero-order valence-corrected chi connectivity index (χ0v) is 20.4. The Morgan fingerprint density at radius 1 is 1.00 bits per heavy atom. The highest BCUT2D eigenvalue weighted by molar-refractivity contribution is 5.94. The van der Waals surface area contributed by atoms with Gasteiger partial charge in [-0.15, -0.1) is 0 Å². The van der Waals surface area contributed by atoms with Gasteiger partial charge in [0.05, 0.1) is 0 Å². The number of hydrogen-bond donors (Lipinski definition) is 1. The van der Waals surface area contributed by atoms with Crippen LogP contribution in [0, 0.1) is 6.92 Å². The Balaban J connectivity index is 1.27. The minimum absolute atomic E-state index is 0.0435. The maximum atomic E-state index is 12.6. The van der Waals surface area contributed by atoms with Gasteiger partial charge in [-0.2, -0.15) is 4.98 Å². The highest BCUT2D eigenvalue weighted by atomic mass is 16.5. The first-order valence-electron chi connectivity index (χ1n) is 12.2. The topological polar surface area (TPSA) is 88.3 Å². The fourth-order valence-corrected chi connectivity index (χ4v) is 4.09. The fraction of sp³-hybridized carbons (Fsp3) is 0.357. The maximum Gasteiger partial charge on any atom is 0.257 e. The number of allylic oxidation sites excluding steroid dienone is 1. The summed E-state index contributed by atoms with van der Waals surface area (Å²) in [6, 6.07) is 14.7. The molecular formula is C28H32N4O3. The minimum atomic E-state index is -0.0829. The first-order chi connectivity index (χ1) is 17.0. The van der Waals surface area contributed by atoms with E-state index in [1.807, 2.05) is 43.3 Å². The van der Waals surface area contributed by atoms with Gasteiger partial charge in [0.1, 0.15) is 0 Å². The zero-order valence-electron chi connectivity index (χ0n) is 20.4. The second-order valence-corrected chi connectivity index (χ2v) is 9.05. The highest BCUT2D eigenvalue weighted by Gasteiger charge is 2.15. The summed E-state index contributed by atoms with van der Waals surface area (Å²) >= 11 is 0. The van der Waals surface area contributed by atoms with E-state index in [1.54, 1.807) is 24.1 Å². The molecule has 2 amide bonds. The Bertz CT molecular complexity index is 1180. The van der Waals surface area contributed by atoms with Gasteiger partial charge in [0, 0.05) is 43.2 Å². The third-order valence-corrected chi connectivity index (χ3v) is 6.29. The van der Waals surface area contributed by atoms with Crippen molar-refractivity contribution >= 4 is 11.8 Å². The van der Waals surface area contributed by atoms with Crippen LogP contribution in [0.4, 0.5) is 0 Å². The Labute approximate surface area is 206 Å². The molecule has 1 N–H and O–H groups in total. The second kappa shape index (κ2) is 11.6. The van der Waals surface area contributed by atoms with Crippen LogP contribution in [0.25, 0.3) is 11.5 Å². The third-order valence-electron chi connectivity index (χ3n) is 6.29. The molecule has 0 spiro atoms. The number of aromatic nitrogens is 2. The smallest absolute Gasteiger partial charge is 0.257 e. The molecule has 3 aromatic rings. The number of carbonyl (C=O) groups excluding carboxylic acids is 2. The highest BCUT2D eigenvalue weighted by Crippen LogP contribution is 2.20. The Morgan fingerprint density at radius 2 is 1.74 bits per heavy atom. The average Bonchev–Trinajstić information content (AvgIpc) is 3.37. The van der Waals surface area contributed by atoms with E-state index < -0.39 is 0 Å². The van der Waals surface area contributed by atoms with Crippen molar-refractivity contribution in [2.24, 2.45) is 0 Å². The number of benzene rings is 2. The lowest BCUT2D eigenvalue weighted by Gasteiger charge is -2.16. The minimum Gasteiger partial charge on any atom is -0.352 e. The molecule has 0 radical (unpaired) electrons. The van der Waals surface area contributed by atoms with E-state index in [1.165, 1.54) is 18.4 Å². The number of likely N-dealkylation sites (N-methyl/N-ethyl adjacent to an activating group) is 1. The molecule has 0 unspecified atom stereocenters.